The topological polar surface area (TPSA) is 111 Å². The van der Waals surface area contributed by atoms with E-state index >= 15 is 0 Å². The van der Waals surface area contributed by atoms with Crippen LogP contribution in [0.2, 0.25) is 0 Å². The molecule has 1 aromatic rings. The Kier molecular flexibility index (Phi) is 5.80. The predicted molar refractivity (Wildman–Crippen MR) is 123 cm³/mol. The number of nitrogens with zero attached hydrogens (tertiary/aromatic N) is 3. The fraction of sp³-hybridized carbons (Fsp3) is 0.792. The number of hydrogen-bond donors (Lipinski definition) is 1. The van der Waals surface area contributed by atoms with Gasteiger partial charge >= 0.3 is 6.09 Å². The molecule has 192 valence electrons. The molecule has 1 aliphatic heterocycles. The second-order valence-corrected chi connectivity index (χ2v) is 13.0. The van der Waals surface area contributed by atoms with Crippen LogP contribution in [0.1, 0.15) is 63.6 Å². The van der Waals surface area contributed by atoms with Gasteiger partial charge in [-0.05, 0) is 63.2 Å². The van der Waals surface area contributed by atoms with Crippen molar-refractivity contribution < 1.29 is 27.1 Å². The molecule has 7 atom stereocenters. The largest absolute Gasteiger partial charge is 0.453 e. The number of ether oxygens (including phenoxy) is 2. The van der Waals surface area contributed by atoms with Crippen LogP contribution in [-0.2, 0) is 24.9 Å². The van der Waals surface area contributed by atoms with E-state index in [0.29, 0.717) is 18.8 Å². The summed E-state index contributed by atoms with van der Waals surface area (Å²) in [7, 11) is -2.04. The maximum Gasteiger partial charge on any atom is 0.410 e. The van der Waals surface area contributed by atoms with Gasteiger partial charge in [-0.3, -0.25) is 4.90 Å². The highest BCUT2D eigenvalue weighted by Gasteiger charge is 2.60. The Morgan fingerprint density at radius 2 is 2.00 bits per heavy atom. The summed E-state index contributed by atoms with van der Waals surface area (Å²) < 4.78 is 53.4. The first-order valence-corrected chi connectivity index (χ1v) is 14.3. The fourth-order valence-corrected chi connectivity index (χ4v) is 8.68. The van der Waals surface area contributed by atoms with Gasteiger partial charge in [0.05, 0.1) is 43.5 Å². The van der Waals surface area contributed by atoms with Crippen LogP contribution in [0.5, 0.6) is 0 Å². The van der Waals surface area contributed by atoms with Gasteiger partial charge in [0.2, 0.25) is 10.0 Å². The Hall–Kier alpha value is -1.85. The van der Waals surface area contributed by atoms with Crippen molar-refractivity contribution in [3.8, 4) is 0 Å². The SMILES string of the molecule is COC(=O)N1C(COC2CCC3(c4ncc(F)cn4)CC3C2)[C@@H](NS(=O)(=O)C2CC2)[C@H]2CCC[C@H]21. The molecule has 1 saturated heterocycles. The predicted octanol–water partition coefficient (Wildman–Crippen LogP) is 2.51. The maximum absolute atomic E-state index is 13.3. The number of nitrogens with one attached hydrogen (secondary N) is 1. The quantitative estimate of drug-likeness (QED) is 0.603. The molecule has 11 heteroatoms. The molecule has 1 aromatic heterocycles. The monoisotopic (exact) mass is 508 g/mol. The van der Waals surface area contributed by atoms with Crippen molar-refractivity contribution in [2.75, 3.05) is 13.7 Å². The van der Waals surface area contributed by atoms with Gasteiger partial charge in [0.15, 0.2) is 5.82 Å². The molecule has 5 fully saturated rings. The van der Waals surface area contributed by atoms with E-state index in [0.717, 1.165) is 50.8 Å². The van der Waals surface area contributed by atoms with Gasteiger partial charge in [0.25, 0.3) is 0 Å². The van der Waals surface area contributed by atoms with Gasteiger partial charge in [-0.2, -0.15) is 0 Å². The minimum atomic E-state index is -3.41. The minimum absolute atomic E-state index is 0.0247. The van der Waals surface area contributed by atoms with E-state index in [1.165, 1.54) is 19.5 Å². The zero-order valence-corrected chi connectivity index (χ0v) is 20.8. The summed E-state index contributed by atoms with van der Waals surface area (Å²) in [6, 6.07) is -0.776. The zero-order chi connectivity index (χ0) is 24.4. The van der Waals surface area contributed by atoms with Gasteiger partial charge in [-0.1, -0.05) is 6.42 Å². The van der Waals surface area contributed by atoms with Crippen LogP contribution in [0.4, 0.5) is 9.18 Å². The van der Waals surface area contributed by atoms with E-state index in [2.05, 4.69) is 14.7 Å². The summed E-state index contributed by atoms with van der Waals surface area (Å²) in [6.07, 6.45) is 9.71. The van der Waals surface area contributed by atoms with Crippen LogP contribution in [-0.4, -0.2) is 72.6 Å². The molecule has 4 saturated carbocycles. The average Bonchev–Trinajstić information content (AvgIpc) is 3.75. The Labute approximate surface area is 205 Å². The number of methoxy groups -OCH3 is 1. The van der Waals surface area contributed by atoms with Gasteiger partial charge in [-0.15, -0.1) is 0 Å². The minimum Gasteiger partial charge on any atom is -0.453 e. The fourth-order valence-electron chi connectivity index (χ4n) is 7.02. The van der Waals surface area contributed by atoms with Gasteiger partial charge in [0, 0.05) is 17.5 Å². The molecule has 4 aliphatic carbocycles. The summed E-state index contributed by atoms with van der Waals surface area (Å²) in [5, 5.41) is -0.314. The normalized spacial score (nSPS) is 38.2. The number of hydrogen-bond acceptors (Lipinski definition) is 7. The molecule has 1 N–H and O–H groups in total. The number of sulfonamides is 1. The lowest BCUT2D eigenvalue weighted by Crippen LogP contribution is -2.52. The maximum atomic E-state index is 13.3. The van der Waals surface area contributed by atoms with E-state index in [1.807, 2.05) is 0 Å². The lowest BCUT2D eigenvalue weighted by Gasteiger charge is -2.33. The van der Waals surface area contributed by atoms with Crippen LogP contribution in [0.3, 0.4) is 0 Å². The molecule has 0 aromatic carbocycles. The molecular weight excluding hydrogens is 475 g/mol. The summed E-state index contributed by atoms with van der Waals surface area (Å²) in [5.41, 5.74) is -0.0710. The van der Waals surface area contributed by atoms with E-state index in [4.69, 9.17) is 9.47 Å². The van der Waals surface area contributed by atoms with Crippen LogP contribution in [0.15, 0.2) is 12.4 Å². The van der Waals surface area contributed by atoms with Crippen molar-refractivity contribution in [1.29, 1.82) is 0 Å². The van der Waals surface area contributed by atoms with Crippen molar-refractivity contribution in [2.24, 2.45) is 11.8 Å². The van der Waals surface area contributed by atoms with E-state index < -0.39 is 28.0 Å². The van der Waals surface area contributed by atoms with Crippen LogP contribution >= 0.6 is 0 Å². The van der Waals surface area contributed by atoms with Gasteiger partial charge in [0.1, 0.15) is 5.82 Å². The van der Waals surface area contributed by atoms with E-state index in [-0.39, 0.29) is 41.4 Å². The number of carbonyl (C=O) groups is 1. The molecule has 1 amide bonds. The lowest BCUT2D eigenvalue weighted by molar-refractivity contribution is -0.0114. The van der Waals surface area contributed by atoms with Crippen LogP contribution in [0, 0.1) is 17.7 Å². The Morgan fingerprint density at radius 3 is 2.69 bits per heavy atom. The number of halogens is 1. The third-order valence-corrected chi connectivity index (χ3v) is 11.0. The lowest BCUT2D eigenvalue weighted by atomic mass is 9.86. The smallest absolute Gasteiger partial charge is 0.410 e. The molecule has 2 heterocycles. The van der Waals surface area contributed by atoms with E-state index in [1.54, 1.807) is 4.90 Å². The number of amides is 1. The zero-order valence-electron chi connectivity index (χ0n) is 19.9. The van der Waals surface area contributed by atoms with Crippen molar-refractivity contribution in [1.82, 2.24) is 19.6 Å². The summed E-state index contributed by atoms with van der Waals surface area (Å²) in [6.45, 7) is 0.275. The molecule has 0 spiro atoms. The summed E-state index contributed by atoms with van der Waals surface area (Å²) in [4.78, 5) is 23.0. The van der Waals surface area contributed by atoms with Crippen molar-refractivity contribution in [3.05, 3.63) is 24.0 Å². The van der Waals surface area contributed by atoms with Gasteiger partial charge < -0.3 is 9.47 Å². The first kappa shape index (κ1) is 23.5. The van der Waals surface area contributed by atoms with Crippen molar-refractivity contribution in [2.45, 2.75) is 92.7 Å². The molecule has 35 heavy (non-hydrogen) atoms. The molecule has 0 bridgehead atoms. The molecule has 6 rings (SSSR count). The van der Waals surface area contributed by atoms with Gasteiger partial charge in [-0.25, -0.2) is 32.3 Å². The number of aromatic nitrogens is 2. The van der Waals surface area contributed by atoms with E-state index in [9.17, 15) is 17.6 Å². The second kappa shape index (κ2) is 8.62. The highest BCUT2D eigenvalue weighted by atomic mass is 32.2. The molecular formula is C24H33FN4O5S. The molecule has 4 unspecified atom stereocenters. The number of rotatable bonds is 7. The first-order chi connectivity index (χ1) is 16.8. The molecule has 0 radical (unpaired) electrons. The van der Waals surface area contributed by atoms with Crippen molar-refractivity contribution >= 4 is 16.1 Å². The summed E-state index contributed by atoms with van der Waals surface area (Å²) >= 11 is 0. The van der Waals surface area contributed by atoms with Crippen molar-refractivity contribution in [3.63, 3.8) is 0 Å². The Balaban J connectivity index is 1.15. The number of fused-ring (bicyclic) bond motifs is 2. The number of likely N-dealkylation sites (tertiary alicyclic amines) is 1. The second-order valence-electron chi connectivity index (χ2n) is 11.0. The molecule has 5 aliphatic rings. The third kappa shape index (κ3) is 4.13. The Morgan fingerprint density at radius 1 is 1.23 bits per heavy atom. The Bertz CT molecular complexity index is 1080. The molecule has 9 nitrogen and oxygen atoms in total. The highest BCUT2D eigenvalue weighted by Crippen LogP contribution is 2.61. The summed E-state index contributed by atoms with van der Waals surface area (Å²) in [5.74, 6) is 0.768. The third-order valence-electron chi connectivity index (χ3n) is 9.03. The average molecular weight is 509 g/mol. The van der Waals surface area contributed by atoms with Crippen LogP contribution in [0.25, 0.3) is 0 Å². The first-order valence-electron chi connectivity index (χ1n) is 12.8. The highest BCUT2D eigenvalue weighted by molar-refractivity contribution is 7.90. The number of carbonyl (C=O) groups excluding carboxylic acids is 1. The van der Waals surface area contributed by atoms with Crippen LogP contribution < -0.4 is 4.72 Å². The standard InChI is InChI=1S/C24H33FN4O5S/c1-33-23(30)29-19-4-2-3-18(19)21(28-35(31,32)17-5-6-17)20(29)13-34-16-7-8-24(10-14(24)9-16)22-26-11-15(25)12-27-22/h11-12,14,16-21,28H,2-10,13H2,1H3/t14?,16?,18-,19+,20?,21-,24?/m0/s1.